The number of nitrogens with one attached hydrogen (secondary N) is 2. The van der Waals surface area contributed by atoms with E-state index in [2.05, 4.69) is 14.8 Å². The van der Waals surface area contributed by atoms with Crippen molar-refractivity contribution < 1.29 is 31.1 Å². The van der Waals surface area contributed by atoms with Gasteiger partial charge in [-0.15, -0.1) is 0 Å². The second-order valence-corrected chi connectivity index (χ2v) is 7.97. The predicted molar refractivity (Wildman–Crippen MR) is 110 cm³/mol. The molecule has 0 radical (unpaired) electrons. The zero-order valence-corrected chi connectivity index (χ0v) is 16.8. The molecule has 3 rings (SSSR count). The van der Waals surface area contributed by atoms with Gasteiger partial charge in [0.2, 0.25) is 15.9 Å². The van der Waals surface area contributed by atoms with Crippen LogP contribution in [0.15, 0.2) is 82.3 Å². The summed E-state index contributed by atoms with van der Waals surface area (Å²) in [4.78, 5) is 12.1. The molecule has 0 atom stereocenters. The van der Waals surface area contributed by atoms with Crippen molar-refractivity contribution in [3.05, 3.63) is 84.3 Å². The topological polar surface area (TPSA) is 97.6 Å². The predicted octanol–water partition coefficient (Wildman–Crippen LogP) is 4.01. The van der Waals surface area contributed by atoms with Gasteiger partial charge in [0, 0.05) is 11.8 Å². The normalized spacial score (nSPS) is 11.7. The number of sulfonamides is 1. The smallest absolute Gasteiger partial charge is 0.387 e. The summed E-state index contributed by atoms with van der Waals surface area (Å²) >= 11 is 0. The van der Waals surface area contributed by atoms with E-state index in [4.69, 9.17) is 4.42 Å². The molecule has 0 saturated heterocycles. The number of amides is 1. The van der Waals surface area contributed by atoms with Crippen LogP contribution in [0.5, 0.6) is 5.75 Å². The van der Waals surface area contributed by atoms with Gasteiger partial charge in [-0.3, -0.25) is 4.79 Å². The Morgan fingerprint density at radius 2 is 1.77 bits per heavy atom. The molecule has 31 heavy (non-hydrogen) atoms. The van der Waals surface area contributed by atoms with E-state index in [1.807, 2.05) is 0 Å². The lowest BCUT2D eigenvalue weighted by Crippen LogP contribution is -2.22. The second kappa shape index (κ2) is 10.0. The third-order valence-corrected chi connectivity index (χ3v) is 5.40. The van der Waals surface area contributed by atoms with Gasteiger partial charge in [0.1, 0.15) is 11.5 Å². The summed E-state index contributed by atoms with van der Waals surface area (Å²) in [6.45, 7) is -2.89. The van der Waals surface area contributed by atoms with E-state index in [9.17, 15) is 22.0 Å². The summed E-state index contributed by atoms with van der Waals surface area (Å²) in [5.41, 5.74) is 1.01. The van der Waals surface area contributed by atoms with E-state index in [0.717, 1.165) is 0 Å². The number of halogens is 2. The van der Waals surface area contributed by atoms with Crippen LogP contribution >= 0.6 is 0 Å². The Morgan fingerprint density at radius 1 is 1.06 bits per heavy atom. The molecule has 0 bridgehead atoms. The quantitative estimate of drug-likeness (QED) is 0.482. The molecule has 1 aromatic heterocycles. The first-order valence-electron chi connectivity index (χ1n) is 8.98. The number of alkyl halides is 2. The molecule has 0 aliphatic heterocycles. The lowest BCUT2D eigenvalue weighted by atomic mass is 10.2. The molecule has 0 aliphatic carbocycles. The van der Waals surface area contributed by atoms with Gasteiger partial charge in [-0.25, -0.2) is 13.1 Å². The summed E-state index contributed by atoms with van der Waals surface area (Å²) in [7, 11) is -3.71. The SMILES string of the molecule is O=C(/C=C/c1ccc(S(=O)(=O)NCc2ccco2)cc1)Nc1ccc(OC(F)F)cc1. The van der Waals surface area contributed by atoms with Gasteiger partial charge in [-0.05, 0) is 60.2 Å². The van der Waals surface area contributed by atoms with Crippen molar-refractivity contribution in [1.82, 2.24) is 4.72 Å². The van der Waals surface area contributed by atoms with E-state index in [-0.39, 0.29) is 17.2 Å². The Balaban J connectivity index is 1.55. The first-order valence-corrected chi connectivity index (χ1v) is 10.5. The van der Waals surface area contributed by atoms with Crippen LogP contribution in [-0.4, -0.2) is 20.9 Å². The molecule has 0 saturated carbocycles. The number of carbonyl (C=O) groups excluding carboxylic acids is 1. The minimum Gasteiger partial charge on any atom is -0.468 e. The average molecular weight is 448 g/mol. The summed E-state index contributed by atoms with van der Waals surface area (Å²) in [6.07, 6.45) is 4.23. The Morgan fingerprint density at radius 3 is 2.39 bits per heavy atom. The highest BCUT2D eigenvalue weighted by molar-refractivity contribution is 7.89. The number of hydrogen-bond acceptors (Lipinski definition) is 5. The van der Waals surface area contributed by atoms with Crippen molar-refractivity contribution in [2.24, 2.45) is 0 Å². The number of rotatable bonds is 9. The van der Waals surface area contributed by atoms with E-state index < -0.39 is 22.5 Å². The molecule has 3 aromatic rings. The molecule has 0 aliphatic rings. The maximum Gasteiger partial charge on any atom is 0.387 e. The van der Waals surface area contributed by atoms with Crippen molar-refractivity contribution in [2.45, 2.75) is 18.1 Å². The average Bonchev–Trinajstić information content (AvgIpc) is 3.26. The monoisotopic (exact) mass is 448 g/mol. The van der Waals surface area contributed by atoms with Crippen LogP contribution < -0.4 is 14.8 Å². The van der Waals surface area contributed by atoms with Crippen LogP contribution in [0.2, 0.25) is 0 Å². The molecule has 7 nitrogen and oxygen atoms in total. The molecule has 162 valence electrons. The largest absolute Gasteiger partial charge is 0.468 e. The van der Waals surface area contributed by atoms with Gasteiger partial charge >= 0.3 is 6.61 Å². The minimum atomic E-state index is -3.71. The highest BCUT2D eigenvalue weighted by Crippen LogP contribution is 2.18. The van der Waals surface area contributed by atoms with Crippen LogP contribution in [0.4, 0.5) is 14.5 Å². The molecule has 0 fully saturated rings. The number of ether oxygens (including phenoxy) is 1. The maximum absolute atomic E-state index is 12.3. The van der Waals surface area contributed by atoms with Gasteiger partial charge in [0.05, 0.1) is 17.7 Å². The third kappa shape index (κ3) is 6.76. The van der Waals surface area contributed by atoms with Gasteiger partial charge in [-0.1, -0.05) is 12.1 Å². The Kier molecular flexibility index (Phi) is 7.16. The van der Waals surface area contributed by atoms with Crippen LogP contribution in [0, 0.1) is 0 Å². The Bertz CT molecular complexity index is 1130. The fourth-order valence-electron chi connectivity index (χ4n) is 2.50. The molecular formula is C21H18F2N2O5S. The molecule has 0 spiro atoms. The van der Waals surface area contributed by atoms with Crippen LogP contribution in [0.25, 0.3) is 6.08 Å². The van der Waals surface area contributed by atoms with Gasteiger partial charge < -0.3 is 14.5 Å². The molecule has 1 heterocycles. The third-order valence-electron chi connectivity index (χ3n) is 3.98. The fraction of sp³-hybridized carbons (Fsp3) is 0.0952. The summed E-state index contributed by atoms with van der Waals surface area (Å²) in [5.74, 6) is 0.0295. The highest BCUT2D eigenvalue weighted by Gasteiger charge is 2.14. The van der Waals surface area contributed by atoms with Crippen LogP contribution in [-0.2, 0) is 21.4 Å². The lowest BCUT2D eigenvalue weighted by molar-refractivity contribution is -0.111. The van der Waals surface area contributed by atoms with Gasteiger partial charge in [-0.2, -0.15) is 8.78 Å². The zero-order valence-electron chi connectivity index (χ0n) is 16.0. The van der Waals surface area contributed by atoms with Crippen LogP contribution in [0.1, 0.15) is 11.3 Å². The van der Waals surface area contributed by atoms with E-state index in [1.165, 1.54) is 54.8 Å². The summed E-state index contributed by atoms with van der Waals surface area (Å²) in [6, 6.07) is 14.8. The Labute approximate surface area is 177 Å². The molecule has 2 aromatic carbocycles. The first kappa shape index (κ1) is 22.2. The number of carbonyl (C=O) groups is 1. The zero-order chi connectivity index (χ0) is 22.3. The molecule has 10 heteroatoms. The van der Waals surface area contributed by atoms with Crippen molar-refractivity contribution in [1.29, 1.82) is 0 Å². The molecule has 2 N–H and O–H groups in total. The number of benzene rings is 2. The molecular weight excluding hydrogens is 430 g/mol. The second-order valence-electron chi connectivity index (χ2n) is 6.20. The van der Waals surface area contributed by atoms with Gasteiger partial charge in [0.25, 0.3) is 0 Å². The van der Waals surface area contributed by atoms with Crippen molar-refractivity contribution in [2.75, 3.05) is 5.32 Å². The number of furan rings is 1. The fourth-order valence-corrected chi connectivity index (χ4v) is 3.49. The summed E-state index contributed by atoms with van der Waals surface area (Å²) < 4.78 is 60.6. The maximum atomic E-state index is 12.3. The van der Waals surface area contributed by atoms with Crippen molar-refractivity contribution in [3.63, 3.8) is 0 Å². The van der Waals surface area contributed by atoms with E-state index >= 15 is 0 Å². The van der Waals surface area contributed by atoms with Gasteiger partial charge in [0.15, 0.2) is 0 Å². The number of hydrogen-bond donors (Lipinski definition) is 2. The number of anilines is 1. The van der Waals surface area contributed by atoms with Crippen LogP contribution in [0.3, 0.4) is 0 Å². The highest BCUT2D eigenvalue weighted by atomic mass is 32.2. The first-order chi connectivity index (χ1) is 14.8. The minimum absolute atomic E-state index is 0.0165. The summed E-state index contributed by atoms with van der Waals surface area (Å²) in [5, 5.41) is 2.57. The Hall–Kier alpha value is -3.50. The lowest BCUT2D eigenvalue weighted by Gasteiger charge is -2.06. The van der Waals surface area contributed by atoms with E-state index in [1.54, 1.807) is 24.3 Å². The van der Waals surface area contributed by atoms with Crippen molar-refractivity contribution >= 4 is 27.7 Å². The molecule has 0 unspecified atom stereocenters. The van der Waals surface area contributed by atoms with Crippen molar-refractivity contribution in [3.8, 4) is 5.75 Å². The molecule has 1 amide bonds. The standard InChI is InChI=1S/C21H18F2N2O5S/c22-21(23)30-17-8-6-16(7-9-17)25-20(26)12-5-15-3-10-19(11-4-15)31(27,28)24-14-18-2-1-13-29-18/h1-13,21,24H,14H2,(H,25,26)/b12-5+. The van der Waals surface area contributed by atoms with E-state index in [0.29, 0.717) is 17.0 Å².